The maximum Gasteiger partial charge on any atom is 0.311 e. The third-order valence-electron chi connectivity index (χ3n) is 16.1. The van der Waals surface area contributed by atoms with Gasteiger partial charge in [-0.2, -0.15) is 0 Å². The number of rotatable bonds is 20. The quantitative estimate of drug-likeness (QED) is 0.100. The van der Waals surface area contributed by atoms with E-state index in [0.29, 0.717) is 18.1 Å². The summed E-state index contributed by atoms with van der Waals surface area (Å²) in [6.07, 6.45) is 37.9. The van der Waals surface area contributed by atoms with Crippen molar-refractivity contribution in [2.24, 2.45) is 33.0 Å². The van der Waals surface area contributed by atoms with Gasteiger partial charge < -0.3 is 9.84 Å². The second-order valence-corrected chi connectivity index (χ2v) is 19.8. The normalized spacial score (nSPS) is 33.6. The molecular formula is C49H78O4. The molecule has 0 aromatic heterocycles. The molecule has 0 saturated heterocycles. The van der Waals surface area contributed by atoms with Crippen LogP contribution in [-0.2, 0) is 14.3 Å². The highest BCUT2D eigenvalue weighted by molar-refractivity contribution is 6.06. The molecule has 4 heteroatoms. The lowest BCUT2D eigenvalue weighted by Crippen LogP contribution is -2.62. The number of ketones is 1. The summed E-state index contributed by atoms with van der Waals surface area (Å²) >= 11 is 0. The van der Waals surface area contributed by atoms with Crippen LogP contribution in [0.25, 0.3) is 0 Å². The molecule has 5 rings (SSSR count). The topological polar surface area (TPSA) is 63.6 Å². The van der Waals surface area contributed by atoms with Crippen molar-refractivity contribution >= 4 is 11.8 Å². The number of hydrogen-bond donors (Lipinski definition) is 1. The lowest BCUT2D eigenvalue weighted by atomic mass is 9.34. The van der Waals surface area contributed by atoms with E-state index >= 15 is 0 Å². The molecule has 0 amide bonds. The van der Waals surface area contributed by atoms with Crippen LogP contribution in [0.2, 0.25) is 0 Å². The smallest absolute Gasteiger partial charge is 0.311 e. The first-order valence-electron chi connectivity index (χ1n) is 22.5. The highest BCUT2D eigenvalue weighted by Crippen LogP contribution is 2.75. The summed E-state index contributed by atoms with van der Waals surface area (Å²) < 4.78 is 6.09. The third kappa shape index (κ3) is 8.67. The Labute approximate surface area is 325 Å². The van der Waals surface area contributed by atoms with Gasteiger partial charge in [0, 0.05) is 11.0 Å². The van der Waals surface area contributed by atoms with E-state index in [1.54, 1.807) is 6.08 Å². The van der Waals surface area contributed by atoms with Crippen molar-refractivity contribution in [3.8, 4) is 0 Å². The predicted octanol–water partition coefficient (Wildman–Crippen LogP) is 14.2. The molecule has 0 bridgehead atoms. The van der Waals surface area contributed by atoms with Crippen molar-refractivity contribution in [2.45, 2.75) is 209 Å². The van der Waals surface area contributed by atoms with Crippen LogP contribution in [0.4, 0.5) is 0 Å². The maximum atomic E-state index is 13.8. The van der Waals surface area contributed by atoms with Crippen molar-refractivity contribution in [1.82, 2.24) is 0 Å². The Kier molecular flexibility index (Phi) is 14.1. The van der Waals surface area contributed by atoms with Gasteiger partial charge in [0.2, 0.25) is 5.78 Å². The minimum atomic E-state index is -0.438. The second-order valence-electron chi connectivity index (χ2n) is 19.8. The van der Waals surface area contributed by atoms with E-state index in [-0.39, 0.29) is 39.2 Å². The van der Waals surface area contributed by atoms with Gasteiger partial charge in [-0.1, -0.05) is 161 Å². The van der Waals surface area contributed by atoms with Crippen LogP contribution in [0.15, 0.2) is 46.3 Å². The van der Waals surface area contributed by atoms with Gasteiger partial charge in [0.05, 0.1) is 12.0 Å². The van der Waals surface area contributed by atoms with Crippen LogP contribution in [0.1, 0.15) is 209 Å². The molecule has 0 spiro atoms. The Morgan fingerprint density at radius 3 is 1.81 bits per heavy atom. The summed E-state index contributed by atoms with van der Waals surface area (Å²) in [7, 11) is 0. The summed E-state index contributed by atoms with van der Waals surface area (Å²) in [5.41, 5.74) is 3.80. The maximum absolute atomic E-state index is 13.8. The van der Waals surface area contributed by atoms with E-state index in [1.165, 1.54) is 108 Å². The summed E-state index contributed by atoms with van der Waals surface area (Å²) in [4.78, 5) is 26.7. The minimum Gasteiger partial charge on any atom is -0.504 e. The van der Waals surface area contributed by atoms with E-state index in [9.17, 15) is 14.7 Å². The van der Waals surface area contributed by atoms with Crippen molar-refractivity contribution in [1.29, 1.82) is 0 Å². The number of hydrogen-bond acceptors (Lipinski definition) is 4. The standard InChI is InChI=1S/C49H78O4/c1-8-9-10-11-12-13-14-15-16-17-18-19-20-21-22-23-24-25-34-53-44(52)46(4)29-28-45(3)30-32-48(6)41-27-26-38-37(2)43(51)40(50)35-39(38)47(41,5)31-33-49(48,7)42(45)36-46/h26-27,35,42,51H,8-25,28-34,36H2,1-7H3/t42-,45-,46-,47+,48-,49+/m1/s1. The van der Waals surface area contributed by atoms with Gasteiger partial charge in [0.1, 0.15) is 0 Å². The first-order chi connectivity index (χ1) is 25.3. The van der Waals surface area contributed by atoms with Gasteiger partial charge in [0.25, 0.3) is 0 Å². The second kappa shape index (κ2) is 17.8. The Morgan fingerprint density at radius 1 is 0.717 bits per heavy atom. The van der Waals surface area contributed by atoms with Crippen LogP contribution in [0, 0.1) is 33.0 Å². The lowest BCUT2D eigenvalue weighted by molar-refractivity contribution is -0.182. The van der Waals surface area contributed by atoms with Gasteiger partial charge in [-0.3, -0.25) is 9.59 Å². The van der Waals surface area contributed by atoms with Crippen molar-refractivity contribution in [3.63, 3.8) is 0 Å². The zero-order valence-corrected chi connectivity index (χ0v) is 35.4. The monoisotopic (exact) mass is 731 g/mol. The molecule has 0 radical (unpaired) electrons. The van der Waals surface area contributed by atoms with Gasteiger partial charge in [-0.05, 0) is 105 Å². The fourth-order valence-electron chi connectivity index (χ4n) is 12.0. The van der Waals surface area contributed by atoms with Crippen molar-refractivity contribution in [3.05, 3.63) is 46.3 Å². The summed E-state index contributed by atoms with van der Waals surface area (Å²) in [6, 6.07) is 0. The fraction of sp³-hybridized carbons (Fsp3) is 0.796. The molecule has 0 aromatic rings. The molecule has 6 atom stereocenters. The highest BCUT2D eigenvalue weighted by atomic mass is 16.5. The van der Waals surface area contributed by atoms with Crippen molar-refractivity contribution < 1.29 is 19.4 Å². The van der Waals surface area contributed by atoms with Crippen molar-refractivity contribution in [2.75, 3.05) is 6.61 Å². The van der Waals surface area contributed by atoms with Crippen LogP contribution in [-0.4, -0.2) is 23.5 Å². The zero-order valence-electron chi connectivity index (χ0n) is 35.4. The molecule has 4 nitrogen and oxygen atoms in total. The zero-order chi connectivity index (χ0) is 38.3. The molecular weight excluding hydrogens is 653 g/mol. The van der Waals surface area contributed by atoms with E-state index in [4.69, 9.17) is 4.74 Å². The van der Waals surface area contributed by atoms with Gasteiger partial charge in [0.15, 0.2) is 5.76 Å². The largest absolute Gasteiger partial charge is 0.504 e. The van der Waals surface area contributed by atoms with Crippen LogP contribution in [0.5, 0.6) is 0 Å². The molecule has 53 heavy (non-hydrogen) atoms. The Morgan fingerprint density at radius 2 is 1.25 bits per heavy atom. The number of unbranched alkanes of at least 4 members (excludes halogenated alkanes) is 17. The molecule has 0 unspecified atom stereocenters. The van der Waals surface area contributed by atoms with E-state index in [1.807, 2.05) is 6.92 Å². The average Bonchev–Trinajstić information content (AvgIpc) is 3.13. The average molecular weight is 731 g/mol. The number of carbonyl (C=O) groups is 2. The van der Waals surface area contributed by atoms with Gasteiger partial charge in [-0.15, -0.1) is 0 Å². The number of carbonyl (C=O) groups excluding carboxylic acids is 2. The van der Waals surface area contributed by atoms with Crippen LogP contribution < -0.4 is 0 Å². The molecule has 1 N–H and O–H groups in total. The SMILES string of the molecule is CCCCCCCCCCCCCCCCCCCCOC(=O)[C@]1(C)CC[C@]2(C)CC[C@]3(C)C4=CC=C5C(=CC(=O)C(O)=C5C)[C@]4(C)CC[C@@]3(C)[C@@H]2C1. The van der Waals surface area contributed by atoms with E-state index < -0.39 is 5.41 Å². The number of esters is 1. The Balaban J connectivity index is 1.04. The Hall–Kier alpha value is -2.10. The summed E-state index contributed by atoms with van der Waals surface area (Å²) in [6.45, 7) is 16.8. The van der Waals surface area contributed by atoms with Gasteiger partial charge in [-0.25, -0.2) is 0 Å². The van der Waals surface area contributed by atoms with Crippen LogP contribution in [0.3, 0.4) is 0 Å². The number of ether oxygens (including phenoxy) is 1. The Bertz CT molecular complexity index is 1430. The first-order valence-corrected chi connectivity index (χ1v) is 22.5. The third-order valence-corrected chi connectivity index (χ3v) is 16.1. The molecule has 0 aromatic carbocycles. The fourth-order valence-corrected chi connectivity index (χ4v) is 12.0. The molecule has 298 valence electrons. The minimum absolute atomic E-state index is 0.0282. The highest BCUT2D eigenvalue weighted by Gasteiger charge is 2.67. The summed E-state index contributed by atoms with van der Waals surface area (Å²) in [5, 5.41) is 10.5. The number of aliphatic hydroxyl groups excluding tert-OH is 1. The van der Waals surface area contributed by atoms with E-state index in [0.717, 1.165) is 68.9 Å². The predicted molar refractivity (Wildman–Crippen MR) is 221 cm³/mol. The van der Waals surface area contributed by atoms with Gasteiger partial charge >= 0.3 is 5.97 Å². The summed E-state index contributed by atoms with van der Waals surface area (Å²) in [5.74, 6) is 0.0711. The van der Waals surface area contributed by atoms with E-state index in [2.05, 4.69) is 53.7 Å². The number of fused-ring (bicyclic) bond motifs is 7. The first kappa shape index (κ1) is 42.1. The lowest BCUT2D eigenvalue weighted by Gasteiger charge is -2.70. The van der Waals surface area contributed by atoms with Crippen LogP contribution >= 0.6 is 0 Å². The molecule has 5 aliphatic rings. The molecule has 3 fully saturated rings. The molecule has 0 aliphatic heterocycles. The molecule has 3 saturated carbocycles. The number of allylic oxidation sites excluding steroid dienone is 7. The number of aliphatic hydroxyl groups is 1. The molecule has 5 aliphatic carbocycles. The molecule has 0 heterocycles.